The maximum absolute atomic E-state index is 13.2. The van der Waals surface area contributed by atoms with Crippen LogP contribution in [-0.4, -0.2) is 54.0 Å². The molecule has 2 aliphatic rings. The Bertz CT molecular complexity index is 779. The van der Waals surface area contributed by atoms with Crippen molar-refractivity contribution in [3.63, 3.8) is 0 Å². The topological polar surface area (TPSA) is 61.8 Å². The normalized spacial score (nSPS) is 22.8. The molecule has 5 nitrogen and oxygen atoms in total. The summed E-state index contributed by atoms with van der Waals surface area (Å²) in [5.41, 5.74) is 0.486. The molecule has 0 saturated carbocycles. The van der Waals surface area contributed by atoms with Gasteiger partial charge in [-0.2, -0.15) is 13.2 Å². The van der Waals surface area contributed by atoms with E-state index >= 15 is 0 Å². The molecular weight excluding hydrogens is 385 g/mol. The van der Waals surface area contributed by atoms with Crippen molar-refractivity contribution in [2.45, 2.75) is 63.9 Å². The number of halogens is 3. The van der Waals surface area contributed by atoms with Gasteiger partial charge in [0, 0.05) is 19.6 Å². The van der Waals surface area contributed by atoms with E-state index in [0.29, 0.717) is 33.1 Å². The Balaban J connectivity index is 1.99. The first-order valence-corrected chi connectivity index (χ1v) is 9.88. The van der Waals surface area contributed by atoms with Gasteiger partial charge < -0.3 is 20.1 Å². The average Bonchev–Trinajstić information content (AvgIpc) is 2.65. The van der Waals surface area contributed by atoms with E-state index in [-0.39, 0.29) is 24.5 Å². The number of hydrogen-bond donors (Lipinski definition) is 2. The predicted molar refractivity (Wildman–Crippen MR) is 103 cm³/mol. The van der Waals surface area contributed by atoms with Gasteiger partial charge >= 0.3 is 6.18 Å². The molecule has 0 spiro atoms. The number of fused-ring (bicyclic) bond motifs is 1. The van der Waals surface area contributed by atoms with E-state index in [1.807, 2.05) is 0 Å². The number of carbonyl (C=O) groups is 1. The first-order valence-electron chi connectivity index (χ1n) is 9.88. The Morgan fingerprint density at radius 2 is 1.93 bits per heavy atom. The maximum atomic E-state index is 13.2. The van der Waals surface area contributed by atoms with Gasteiger partial charge in [-0.25, -0.2) is 0 Å². The number of hydrogen-bond acceptors (Lipinski definition) is 4. The van der Waals surface area contributed by atoms with Crippen LogP contribution in [0.15, 0.2) is 12.1 Å². The molecule has 2 heterocycles. The fourth-order valence-corrected chi connectivity index (χ4v) is 3.81. The fraction of sp³-hybridized carbons (Fsp3) is 0.667. The average molecular weight is 414 g/mol. The second-order valence-electron chi connectivity index (χ2n) is 9.08. The largest absolute Gasteiger partial charge is 0.426 e. The Kier molecular flexibility index (Phi) is 5.75. The van der Waals surface area contributed by atoms with Crippen LogP contribution >= 0.6 is 0 Å². The van der Waals surface area contributed by atoms with E-state index in [1.54, 1.807) is 0 Å². The minimum atomic E-state index is -5.03. The van der Waals surface area contributed by atoms with Crippen LogP contribution in [0.2, 0.25) is 0 Å². The molecule has 0 aliphatic carbocycles. The second-order valence-corrected chi connectivity index (χ2v) is 9.08. The molecule has 29 heavy (non-hydrogen) atoms. The summed E-state index contributed by atoms with van der Waals surface area (Å²) in [4.78, 5) is 13.6. The molecule has 2 N–H and O–H groups in total. The quantitative estimate of drug-likeness (QED) is 0.781. The zero-order valence-corrected chi connectivity index (χ0v) is 17.3. The van der Waals surface area contributed by atoms with Crippen molar-refractivity contribution >= 4 is 5.91 Å². The number of alkyl halides is 3. The van der Waals surface area contributed by atoms with E-state index in [9.17, 15) is 23.1 Å². The zero-order chi connectivity index (χ0) is 21.6. The van der Waals surface area contributed by atoms with Crippen molar-refractivity contribution in [3.05, 3.63) is 34.4 Å². The Hall–Kier alpha value is -1.64. The molecule has 0 bridgehead atoms. The smallest absolute Gasteiger partial charge is 0.378 e. The van der Waals surface area contributed by atoms with E-state index in [2.05, 4.69) is 38.2 Å². The summed E-state index contributed by atoms with van der Waals surface area (Å²) in [6.45, 7) is 8.80. The Morgan fingerprint density at radius 1 is 1.24 bits per heavy atom. The van der Waals surface area contributed by atoms with E-state index in [4.69, 9.17) is 4.74 Å². The Labute approximate surface area is 169 Å². The third-order valence-electron chi connectivity index (χ3n) is 5.80. The lowest BCUT2D eigenvalue weighted by Crippen LogP contribution is -2.57. The number of rotatable bonds is 2. The van der Waals surface area contributed by atoms with Crippen LogP contribution in [0.5, 0.6) is 0 Å². The van der Waals surface area contributed by atoms with Crippen molar-refractivity contribution in [1.82, 2.24) is 10.2 Å². The predicted octanol–water partition coefficient (Wildman–Crippen LogP) is 2.84. The minimum absolute atomic E-state index is 0.0400. The van der Waals surface area contributed by atoms with Crippen LogP contribution in [0.25, 0.3) is 0 Å². The molecule has 0 aromatic heterocycles. The van der Waals surface area contributed by atoms with Gasteiger partial charge in [0.1, 0.15) is 0 Å². The monoisotopic (exact) mass is 414 g/mol. The molecule has 1 saturated heterocycles. The molecular formula is C21H29F3N2O3. The highest BCUT2D eigenvalue weighted by molar-refractivity contribution is 5.85. The van der Waals surface area contributed by atoms with Crippen molar-refractivity contribution in [2.75, 3.05) is 26.3 Å². The SMILES string of the molecule is CC(C)(C)c1cc2c(c(C3COCCN3)c1)CN(C(=O)[C@](C)(O)C(F)(F)F)CC2. The first-order chi connectivity index (χ1) is 13.3. The molecule has 1 amide bonds. The highest BCUT2D eigenvalue weighted by atomic mass is 19.4. The molecule has 1 aromatic carbocycles. The van der Waals surface area contributed by atoms with Crippen LogP contribution in [0.3, 0.4) is 0 Å². The summed E-state index contributed by atoms with van der Waals surface area (Å²) in [5, 5.41) is 13.2. The molecule has 2 aliphatic heterocycles. The van der Waals surface area contributed by atoms with Gasteiger partial charge in [0.05, 0.1) is 19.3 Å². The van der Waals surface area contributed by atoms with Gasteiger partial charge in [-0.3, -0.25) is 4.79 Å². The number of carbonyl (C=O) groups excluding carboxylic acids is 1. The summed E-state index contributed by atoms with van der Waals surface area (Å²) < 4.78 is 45.1. The third kappa shape index (κ3) is 4.29. The molecule has 2 atom stereocenters. The number of amides is 1. The molecule has 3 rings (SSSR count). The lowest BCUT2D eigenvalue weighted by atomic mass is 9.80. The summed E-state index contributed by atoms with van der Waals surface area (Å²) in [5.74, 6) is -1.31. The fourth-order valence-electron chi connectivity index (χ4n) is 3.81. The van der Waals surface area contributed by atoms with Crippen LogP contribution < -0.4 is 5.32 Å². The van der Waals surface area contributed by atoms with Gasteiger partial charge in [-0.15, -0.1) is 0 Å². The molecule has 0 radical (unpaired) electrons. The van der Waals surface area contributed by atoms with Crippen molar-refractivity contribution in [2.24, 2.45) is 0 Å². The number of nitrogens with one attached hydrogen (secondary N) is 1. The standard InChI is InChI=1S/C21H29F3N2O3/c1-19(2,3)14-9-13-5-7-26(18(27)20(4,28)21(22,23)24)11-16(13)15(10-14)17-12-29-8-6-25-17/h9-10,17,25,28H,5-8,11-12H2,1-4H3/t17?,20-/m0/s1. The van der Waals surface area contributed by atoms with Gasteiger partial charge in [0.2, 0.25) is 5.60 Å². The molecule has 8 heteroatoms. The number of ether oxygens (including phenoxy) is 1. The van der Waals surface area contributed by atoms with E-state index in [0.717, 1.165) is 27.2 Å². The summed E-state index contributed by atoms with van der Waals surface area (Å²) in [7, 11) is 0. The lowest BCUT2D eigenvalue weighted by Gasteiger charge is -2.38. The minimum Gasteiger partial charge on any atom is -0.378 e. The maximum Gasteiger partial charge on any atom is 0.426 e. The highest BCUT2D eigenvalue weighted by Gasteiger charge is 2.57. The first kappa shape index (κ1) is 22.1. The molecule has 1 fully saturated rings. The molecule has 162 valence electrons. The number of morpholine rings is 1. The van der Waals surface area contributed by atoms with Gasteiger partial charge in [0.25, 0.3) is 5.91 Å². The third-order valence-corrected chi connectivity index (χ3v) is 5.80. The van der Waals surface area contributed by atoms with Crippen molar-refractivity contribution in [3.8, 4) is 0 Å². The lowest BCUT2D eigenvalue weighted by molar-refractivity contribution is -0.250. The van der Waals surface area contributed by atoms with Crippen molar-refractivity contribution in [1.29, 1.82) is 0 Å². The second kappa shape index (κ2) is 7.56. The number of nitrogens with zero attached hydrogens (tertiary/aromatic N) is 1. The highest BCUT2D eigenvalue weighted by Crippen LogP contribution is 2.36. The van der Waals surface area contributed by atoms with Crippen LogP contribution in [-0.2, 0) is 27.9 Å². The van der Waals surface area contributed by atoms with Crippen molar-refractivity contribution < 1.29 is 27.8 Å². The summed E-state index contributed by atoms with van der Waals surface area (Å²) in [6, 6.07) is 4.07. The summed E-state index contributed by atoms with van der Waals surface area (Å²) in [6.07, 6.45) is -4.58. The zero-order valence-electron chi connectivity index (χ0n) is 17.3. The van der Waals surface area contributed by atoms with Crippen LogP contribution in [0, 0.1) is 0 Å². The molecule has 1 unspecified atom stereocenters. The van der Waals surface area contributed by atoms with Crippen LogP contribution in [0.1, 0.15) is 56.0 Å². The van der Waals surface area contributed by atoms with Crippen LogP contribution in [0.4, 0.5) is 13.2 Å². The number of aliphatic hydroxyl groups is 1. The van der Waals surface area contributed by atoms with Gasteiger partial charge in [-0.1, -0.05) is 32.9 Å². The van der Waals surface area contributed by atoms with Gasteiger partial charge in [-0.05, 0) is 41.0 Å². The molecule has 1 aromatic rings. The summed E-state index contributed by atoms with van der Waals surface area (Å²) >= 11 is 0. The van der Waals surface area contributed by atoms with E-state index in [1.165, 1.54) is 0 Å². The van der Waals surface area contributed by atoms with Gasteiger partial charge in [0.15, 0.2) is 0 Å². The number of benzene rings is 1. The van der Waals surface area contributed by atoms with E-state index < -0.39 is 17.7 Å². The Morgan fingerprint density at radius 3 is 2.48 bits per heavy atom.